The number of benzene rings is 1. The van der Waals surface area contributed by atoms with E-state index in [4.69, 9.17) is 15.7 Å². The van der Waals surface area contributed by atoms with Gasteiger partial charge in [-0.3, -0.25) is 0 Å². The first-order valence-corrected chi connectivity index (χ1v) is 6.55. The van der Waals surface area contributed by atoms with E-state index in [1.807, 2.05) is 12.1 Å². The third kappa shape index (κ3) is 4.81. The Morgan fingerprint density at radius 3 is 2.63 bits per heavy atom. The van der Waals surface area contributed by atoms with Crippen molar-refractivity contribution in [1.29, 1.82) is 0 Å². The van der Waals surface area contributed by atoms with Crippen LogP contribution >= 0.6 is 0 Å². The predicted octanol–water partition coefficient (Wildman–Crippen LogP) is 3.20. The molecule has 4 nitrogen and oxygen atoms in total. The number of oxime groups is 1. The molecular weight excluding hydrogens is 240 g/mol. The van der Waals surface area contributed by atoms with Crippen LogP contribution in [0.15, 0.2) is 23.4 Å². The molecule has 3 N–H and O–H groups in total. The molecule has 19 heavy (non-hydrogen) atoms. The Kier molecular flexibility index (Phi) is 5.21. The highest BCUT2D eigenvalue weighted by atomic mass is 16.5. The molecule has 106 valence electrons. The molecule has 0 saturated heterocycles. The van der Waals surface area contributed by atoms with Crippen LogP contribution in [0.3, 0.4) is 0 Å². The maximum Gasteiger partial charge on any atom is 0.139 e. The van der Waals surface area contributed by atoms with E-state index >= 15 is 0 Å². The van der Waals surface area contributed by atoms with Crippen molar-refractivity contribution in [2.75, 3.05) is 6.61 Å². The van der Waals surface area contributed by atoms with E-state index in [9.17, 15) is 0 Å². The van der Waals surface area contributed by atoms with Gasteiger partial charge in [0.05, 0.1) is 6.61 Å². The van der Waals surface area contributed by atoms with Gasteiger partial charge in [0.25, 0.3) is 0 Å². The largest absolute Gasteiger partial charge is 0.493 e. The Balaban J connectivity index is 2.68. The summed E-state index contributed by atoms with van der Waals surface area (Å²) >= 11 is 0. The molecule has 0 aliphatic carbocycles. The Hall–Kier alpha value is -1.71. The molecule has 0 fully saturated rings. The Morgan fingerprint density at radius 1 is 1.37 bits per heavy atom. The number of nitrogens with zero attached hydrogens (tertiary/aromatic N) is 1. The summed E-state index contributed by atoms with van der Waals surface area (Å²) < 4.78 is 5.82. The highest BCUT2D eigenvalue weighted by molar-refractivity contribution is 5.79. The van der Waals surface area contributed by atoms with Gasteiger partial charge in [0, 0.05) is 6.42 Å². The van der Waals surface area contributed by atoms with Crippen molar-refractivity contribution < 1.29 is 9.94 Å². The molecule has 0 aromatic heterocycles. The van der Waals surface area contributed by atoms with Gasteiger partial charge in [-0.25, -0.2) is 0 Å². The van der Waals surface area contributed by atoms with Crippen molar-refractivity contribution in [3.63, 3.8) is 0 Å². The van der Waals surface area contributed by atoms with Crippen molar-refractivity contribution >= 4 is 5.84 Å². The molecule has 0 unspecified atom stereocenters. The standard InChI is InChI=1S/C15H24N2O2/c1-11-7-8-13(12(10-11)15(2,3)4)19-9-5-6-14(16)17-18/h7-8,10,18H,5-6,9H2,1-4H3,(H2,16,17). The number of hydrogen-bond acceptors (Lipinski definition) is 3. The summed E-state index contributed by atoms with van der Waals surface area (Å²) in [6, 6.07) is 6.23. The van der Waals surface area contributed by atoms with Crippen molar-refractivity contribution in [3.8, 4) is 5.75 Å². The van der Waals surface area contributed by atoms with Gasteiger partial charge >= 0.3 is 0 Å². The van der Waals surface area contributed by atoms with E-state index < -0.39 is 0 Å². The summed E-state index contributed by atoms with van der Waals surface area (Å²) in [5.41, 5.74) is 7.90. The van der Waals surface area contributed by atoms with Crippen LogP contribution in [0.1, 0.15) is 44.7 Å². The molecule has 0 amide bonds. The summed E-state index contributed by atoms with van der Waals surface area (Å²) in [7, 11) is 0. The topological polar surface area (TPSA) is 67.8 Å². The van der Waals surface area contributed by atoms with E-state index in [-0.39, 0.29) is 11.3 Å². The minimum absolute atomic E-state index is 0.0485. The van der Waals surface area contributed by atoms with Gasteiger partial charge in [0.1, 0.15) is 11.6 Å². The van der Waals surface area contributed by atoms with Crippen LogP contribution in [0.2, 0.25) is 0 Å². The fourth-order valence-corrected chi connectivity index (χ4v) is 1.84. The summed E-state index contributed by atoms with van der Waals surface area (Å²) in [5, 5.41) is 11.4. The maximum atomic E-state index is 8.45. The lowest BCUT2D eigenvalue weighted by Crippen LogP contribution is -2.15. The number of ether oxygens (including phenoxy) is 1. The molecule has 0 bridgehead atoms. The molecule has 0 radical (unpaired) electrons. The Morgan fingerprint density at radius 2 is 2.05 bits per heavy atom. The molecule has 0 heterocycles. The first-order valence-electron chi connectivity index (χ1n) is 6.55. The molecule has 1 rings (SSSR count). The van der Waals surface area contributed by atoms with Crippen LogP contribution in [0, 0.1) is 6.92 Å². The summed E-state index contributed by atoms with van der Waals surface area (Å²) in [6.45, 7) is 9.15. The van der Waals surface area contributed by atoms with Gasteiger partial charge in [-0.15, -0.1) is 0 Å². The third-order valence-corrected chi connectivity index (χ3v) is 2.91. The van der Waals surface area contributed by atoms with Crippen LogP contribution in [0.5, 0.6) is 5.75 Å². The smallest absolute Gasteiger partial charge is 0.139 e. The summed E-state index contributed by atoms with van der Waals surface area (Å²) in [5.74, 6) is 1.15. The van der Waals surface area contributed by atoms with Gasteiger partial charge in [-0.1, -0.05) is 43.6 Å². The highest BCUT2D eigenvalue weighted by Crippen LogP contribution is 2.32. The van der Waals surface area contributed by atoms with E-state index in [0.29, 0.717) is 13.0 Å². The average molecular weight is 264 g/mol. The monoisotopic (exact) mass is 264 g/mol. The van der Waals surface area contributed by atoms with Crippen molar-refractivity contribution in [1.82, 2.24) is 0 Å². The van der Waals surface area contributed by atoms with Crippen LogP contribution in [-0.2, 0) is 5.41 Å². The van der Waals surface area contributed by atoms with Crippen molar-refractivity contribution in [3.05, 3.63) is 29.3 Å². The summed E-state index contributed by atoms with van der Waals surface area (Å²) in [4.78, 5) is 0. The number of nitrogens with two attached hydrogens (primary N) is 1. The molecule has 0 spiro atoms. The second-order valence-electron chi connectivity index (χ2n) is 5.79. The quantitative estimate of drug-likeness (QED) is 0.282. The molecule has 1 aromatic carbocycles. The average Bonchev–Trinajstić information content (AvgIpc) is 2.34. The van der Waals surface area contributed by atoms with E-state index in [1.54, 1.807) is 0 Å². The van der Waals surface area contributed by atoms with Crippen LogP contribution in [0.25, 0.3) is 0 Å². The summed E-state index contributed by atoms with van der Waals surface area (Å²) in [6.07, 6.45) is 1.26. The van der Waals surface area contributed by atoms with Gasteiger partial charge < -0.3 is 15.7 Å². The van der Waals surface area contributed by atoms with E-state index in [2.05, 4.69) is 38.9 Å². The molecule has 4 heteroatoms. The minimum Gasteiger partial charge on any atom is -0.493 e. The molecule has 1 aromatic rings. The fraction of sp³-hybridized carbons (Fsp3) is 0.533. The molecule has 0 aliphatic rings. The second-order valence-corrected chi connectivity index (χ2v) is 5.79. The van der Waals surface area contributed by atoms with Gasteiger partial charge in [-0.05, 0) is 30.4 Å². The zero-order valence-corrected chi connectivity index (χ0v) is 12.2. The number of hydrogen-bond donors (Lipinski definition) is 2. The normalized spacial score (nSPS) is 12.5. The van der Waals surface area contributed by atoms with Crippen LogP contribution in [-0.4, -0.2) is 17.6 Å². The Bertz CT molecular complexity index is 448. The van der Waals surface area contributed by atoms with E-state index in [1.165, 1.54) is 11.1 Å². The van der Waals surface area contributed by atoms with Crippen molar-refractivity contribution in [2.45, 2.75) is 46.0 Å². The number of amidine groups is 1. The van der Waals surface area contributed by atoms with Crippen molar-refractivity contribution in [2.24, 2.45) is 10.9 Å². The first kappa shape index (κ1) is 15.3. The zero-order chi connectivity index (χ0) is 14.5. The molecular formula is C15H24N2O2. The van der Waals surface area contributed by atoms with Crippen LogP contribution < -0.4 is 10.5 Å². The lowest BCUT2D eigenvalue weighted by molar-refractivity contribution is 0.300. The number of aryl methyl sites for hydroxylation is 1. The van der Waals surface area contributed by atoms with Gasteiger partial charge in [0.15, 0.2) is 0 Å². The van der Waals surface area contributed by atoms with Gasteiger partial charge in [0.2, 0.25) is 0 Å². The lowest BCUT2D eigenvalue weighted by atomic mass is 9.85. The number of rotatable bonds is 5. The van der Waals surface area contributed by atoms with Gasteiger partial charge in [-0.2, -0.15) is 0 Å². The highest BCUT2D eigenvalue weighted by Gasteiger charge is 2.19. The molecule has 0 aliphatic heterocycles. The predicted molar refractivity (Wildman–Crippen MR) is 78.0 cm³/mol. The minimum atomic E-state index is 0.0485. The molecule has 0 saturated carbocycles. The Labute approximate surface area is 115 Å². The molecule has 0 atom stereocenters. The second kappa shape index (κ2) is 6.45. The zero-order valence-electron chi connectivity index (χ0n) is 12.2. The fourth-order valence-electron chi connectivity index (χ4n) is 1.84. The maximum absolute atomic E-state index is 8.45. The SMILES string of the molecule is Cc1ccc(OCCC/C(N)=N/O)c(C(C)(C)C)c1. The third-order valence-electron chi connectivity index (χ3n) is 2.91. The lowest BCUT2D eigenvalue weighted by Gasteiger charge is -2.23. The first-order chi connectivity index (χ1) is 8.84. The van der Waals surface area contributed by atoms with E-state index in [0.717, 1.165) is 12.2 Å². The van der Waals surface area contributed by atoms with Crippen LogP contribution in [0.4, 0.5) is 0 Å².